The van der Waals surface area contributed by atoms with E-state index in [4.69, 9.17) is 0 Å². The second-order valence-electron chi connectivity index (χ2n) is 4.93. The fourth-order valence-electron chi connectivity index (χ4n) is 2.76. The molecule has 1 atom stereocenters. The zero-order valence-electron chi connectivity index (χ0n) is 9.30. The molecule has 0 aromatic rings. The van der Waals surface area contributed by atoms with Gasteiger partial charge >= 0.3 is 0 Å². The molecule has 0 aliphatic carbocycles. The molecule has 0 saturated carbocycles. The van der Waals surface area contributed by atoms with E-state index in [1.807, 2.05) is 0 Å². The lowest BCUT2D eigenvalue weighted by molar-refractivity contribution is 0.214. The highest BCUT2D eigenvalue weighted by molar-refractivity contribution is 4.74. The Balaban J connectivity index is 1.71. The van der Waals surface area contributed by atoms with Crippen LogP contribution in [-0.4, -0.2) is 37.6 Å². The van der Waals surface area contributed by atoms with Crippen LogP contribution in [0.5, 0.6) is 0 Å². The average Bonchev–Trinajstić information content (AvgIpc) is 2.48. The fraction of sp³-hybridized carbons (Fsp3) is 1.00. The van der Waals surface area contributed by atoms with Gasteiger partial charge in [-0.3, -0.25) is 0 Å². The van der Waals surface area contributed by atoms with Crippen LogP contribution in [-0.2, 0) is 0 Å². The Morgan fingerprint density at radius 3 is 2.43 bits per heavy atom. The topological polar surface area (TPSA) is 15.3 Å². The average molecular weight is 196 g/mol. The molecule has 2 rings (SSSR count). The van der Waals surface area contributed by atoms with Crippen molar-refractivity contribution in [1.29, 1.82) is 0 Å². The maximum Gasteiger partial charge on any atom is 0.00218 e. The molecule has 0 aromatic heterocycles. The van der Waals surface area contributed by atoms with Gasteiger partial charge in [0, 0.05) is 6.54 Å². The third-order valence-electron chi connectivity index (χ3n) is 3.61. The predicted octanol–water partition coefficient (Wildman–Crippen LogP) is 1.86. The van der Waals surface area contributed by atoms with Crippen molar-refractivity contribution in [3.63, 3.8) is 0 Å². The van der Waals surface area contributed by atoms with Crippen LogP contribution in [0.1, 0.15) is 38.5 Å². The number of piperidine rings is 1. The van der Waals surface area contributed by atoms with Crippen molar-refractivity contribution >= 4 is 0 Å². The molecule has 0 aromatic carbocycles. The van der Waals surface area contributed by atoms with E-state index in [0.717, 1.165) is 5.92 Å². The Morgan fingerprint density at radius 2 is 1.79 bits per heavy atom. The van der Waals surface area contributed by atoms with Crippen LogP contribution < -0.4 is 5.32 Å². The minimum Gasteiger partial charge on any atom is -0.316 e. The summed E-state index contributed by atoms with van der Waals surface area (Å²) in [7, 11) is 0. The normalized spacial score (nSPS) is 31.3. The third kappa shape index (κ3) is 3.25. The first kappa shape index (κ1) is 10.4. The molecule has 2 aliphatic heterocycles. The van der Waals surface area contributed by atoms with Crippen molar-refractivity contribution in [2.45, 2.75) is 38.5 Å². The number of likely N-dealkylation sites (tertiary alicyclic amines) is 1. The Bertz CT molecular complexity index is 144. The summed E-state index contributed by atoms with van der Waals surface area (Å²) < 4.78 is 0. The molecule has 2 nitrogen and oxygen atoms in total. The van der Waals surface area contributed by atoms with Gasteiger partial charge in [-0.1, -0.05) is 12.8 Å². The molecule has 2 heterocycles. The van der Waals surface area contributed by atoms with Crippen LogP contribution >= 0.6 is 0 Å². The molecule has 82 valence electrons. The van der Waals surface area contributed by atoms with Crippen LogP contribution in [0, 0.1) is 5.92 Å². The van der Waals surface area contributed by atoms with E-state index >= 15 is 0 Å². The van der Waals surface area contributed by atoms with Crippen LogP contribution in [0.15, 0.2) is 0 Å². The Kier molecular flexibility index (Phi) is 4.26. The Hall–Kier alpha value is -0.0800. The molecular formula is C12H24N2. The fourth-order valence-corrected chi connectivity index (χ4v) is 2.76. The van der Waals surface area contributed by atoms with Gasteiger partial charge in [-0.15, -0.1) is 0 Å². The van der Waals surface area contributed by atoms with Gasteiger partial charge in [-0.2, -0.15) is 0 Å². The van der Waals surface area contributed by atoms with Gasteiger partial charge in [0.1, 0.15) is 0 Å². The standard InChI is InChI=1S/C12H24N2/c1-2-4-9-14(8-3-1)11-12-6-5-7-13-10-12/h12-13H,1-11H2. The minimum absolute atomic E-state index is 0.932. The van der Waals surface area contributed by atoms with Gasteiger partial charge in [0.25, 0.3) is 0 Å². The first-order chi connectivity index (χ1) is 6.95. The van der Waals surface area contributed by atoms with E-state index in [-0.39, 0.29) is 0 Å². The Morgan fingerprint density at radius 1 is 1.00 bits per heavy atom. The maximum absolute atomic E-state index is 3.51. The van der Waals surface area contributed by atoms with E-state index in [0.29, 0.717) is 0 Å². The van der Waals surface area contributed by atoms with Crippen LogP contribution in [0.25, 0.3) is 0 Å². The molecule has 14 heavy (non-hydrogen) atoms. The minimum atomic E-state index is 0.932. The summed E-state index contributed by atoms with van der Waals surface area (Å²) in [5, 5.41) is 3.51. The summed E-state index contributed by atoms with van der Waals surface area (Å²) in [4.78, 5) is 2.70. The zero-order valence-corrected chi connectivity index (χ0v) is 9.30. The molecule has 1 unspecified atom stereocenters. The van der Waals surface area contributed by atoms with Gasteiger partial charge in [0.2, 0.25) is 0 Å². The summed E-state index contributed by atoms with van der Waals surface area (Å²) >= 11 is 0. The smallest absolute Gasteiger partial charge is 0.00218 e. The van der Waals surface area contributed by atoms with Crippen molar-refractivity contribution in [2.24, 2.45) is 5.92 Å². The highest BCUT2D eigenvalue weighted by atomic mass is 15.1. The number of hydrogen-bond acceptors (Lipinski definition) is 2. The summed E-state index contributed by atoms with van der Waals surface area (Å²) in [6.45, 7) is 6.58. The third-order valence-corrected chi connectivity index (χ3v) is 3.61. The lowest BCUT2D eigenvalue weighted by Crippen LogP contribution is -2.38. The highest BCUT2D eigenvalue weighted by Gasteiger charge is 2.17. The lowest BCUT2D eigenvalue weighted by atomic mass is 9.99. The number of rotatable bonds is 2. The SMILES string of the molecule is C1CCCN(CC2CCCNC2)CC1. The molecule has 1 N–H and O–H groups in total. The van der Waals surface area contributed by atoms with Crippen LogP contribution in [0.4, 0.5) is 0 Å². The lowest BCUT2D eigenvalue weighted by Gasteiger charge is -2.29. The van der Waals surface area contributed by atoms with Crippen molar-refractivity contribution in [1.82, 2.24) is 10.2 Å². The van der Waals surface area contributed by atoms with E-state index in [1.165, 1.54) is 71.2 Å². The van der Waals surface area contributed by atoms with E-state index in [9.17, 15) is 0 Å². The zero-order chi connectivity index (χ0) is 9.64. The molecule has 0 radical (unpaired) electrons. The molecule has 0 amide bonds. The summed E-state index contributed by atoms with van der Waals surface area (Å²) in [5.41, 5.74) is 0. The highest BCUT2D eigenvalue weighted by Crippen LogP contribution is 2.15. The molecule has 0 spiro atoms. The van der Waals surface area contributed by atoms with Crippen molar-refractivity contribution in [3.05, 3.63) is 0 Å². The number of nitrogens with one attached hydrogen (secondary N) is 1. The van der Waals surface area contributed by atoms with Gasteiger partial charge in [0.05, 0.1) is 0 Å². The van der Waals surface area contributed by atoms with E-state index in [1.54, 1.807) is 0 Å². The number of hydrogen-bond donors (Lipinski definition) is 1. The molecule has 2 fully saturated rings. The molecule has 0 bridgehead atoms. The summed E-state index contributed by atoms with van der Waals surface area (Å²) in [5.74, 6) is 0.932. The van der Waals surface area contributed by atoms with Gasteiger partial charge < -0.3 is 10.2 Å². The van der Waals surface area contributed by atoms with Crippen molar-refractivity contribution in [2.75, 3.05) is 32.7 Å². The molecule has 2 aliphatic rings. The number of nitrogens with zero attached hydrogens (tertiary/aromatic N) is 1. The van der Waals surface area contributed by atoms with Gasteiger partial charge in [0.15, 0.2) is 0 Å². The molecule has 2 heteroatoms. The first-order valence-corrected chi connectivity index (χ1v) is 6.38. The quantitative estimate of drug-likeness (QED) is 0.725. The molecule has 2 saturated heterocycles. The largest absolute Gasteiger partial charge is 0.316 e. The first-order valence-electron chi connectivity index (χ1n) is 6.38. The second-order valence-corrected chi connectivity index (χ2v) is 4.93. The van der Waals surface area contributed by atoms with E-state index < -0.39 is 0 Å². The summed E-state index contributed by atoms with van der Waals surface area (Å²) in [6, 6.07) is 0. The monoisotopic (exact) mass is 196 g/mol. The molecular weight excluding hydrogens is 172 g/mol. The van der Waals surface area contributed by atoms with Crippen molar-refractivity contribution < 1.29 is 0 Å². The van der Waals surface area contributed by atoms with Gasteiger partial charge in [-0.05, 0) is 57.8 Å². The maximum atomic E-state index is 3.51. The van der Waals surface area contributed by atoms with E-state index in [2.05, 4.69) is 10.2 Å². The summed E-state index contributed by atoms with van der Waals surface area (Å²) in [6.07, 6.45) is 8.61. The Labute approximate surface area is 88.1 Å². The predicted molar refractivity (Wildman–Crippen MR) is 60.5 cm³/mol. The second kappa shape index (κ2) is 5.72. The van der Waals surface area contributed by atoms with Crippen LogP contribution in [0.3, 0.4) is 0 Å². The van der Waals surface area contributed by atoms with Crippen molar-refractivity contribution in [3.8, 4) is 0 Å². The van der Waals surface area contributed by atoms with Crippen LogP contribution in [0.2, 0.25) is 0 Å². The van der Waals surface area contributed by atoms with Gasteiger partial charge in [-0.25, -0.2) is 0 Å².